The molecule has 0 spiro atoms. The van der Waals surface area contributed by atoms with E-state index in [1.165, 1.54) is 5.56 Å². The van der Waals surface area contributed by atoms with E-state index < -0.39 is 0 Å². The Balaban J connectivity index is 1.55. The summed E-state index contributed by atoms with van der Waals surface area (Å²) in [5.41, 5.74) is 6.16. The molecule has 43 heavy (non-hydrogen) atoms. The lowest BCUT2D eigenvalue weighted by molar-refractivity contribution is 0.256. The Morgan fingerprint density at radius 1 is 0.884 bits per heavy atom. The molecule has 0 aliphatic rings. The van der Waals surface area contributed by atoms with Crippen molar-refractivity contribution in [3.8, 4) is 16.9 Å². The molecular weight excluding hydrogens is 536 g/mol. The number of phenolic OH excluding ortho intramolecular Hbond substituents is 1. The van der Waals surface area contributed by atoms with Crippen molar-refractivity contribution in [2.45, 2.75) is 52.4 Å². The van der Waals surface area contributed by atoms with Crippen LogP contribution in [-0.4, -0.2) is 27.7 Å². The van der Waals surface area contributed by atoms with E-state index in [0.29, 0.717) is 18.6 Å². The number of nitrogens with zero attached hydrogens (tertiary/aromatic N) is 2. The molecule has 5 rings (SSSR count). The normalized spacial score (nSPS) is 11.3. The topological polar surface area (TPSA) is 98.3 Å². The van der Waals surface area contributed by atoms with Gasteiger partial charge in [0.25, 0.3) is 5.56 Å². The highest BCUT2D eigenvalue weighted by Gasteiger charge is 2.24. The quantitative estimate of drug-likeness (QED) is 0.165. The van der Waals surface area contributed by atoms with Crippen molar-refractivity contribution in [2.75, 3.05) is 16.8 Å². The number of pyridine rings is 2. The molecule has 0 atom stereocenters. The second-order valence-electron chi connectivity index (χ2n) is 11.5. The summed E-state index contributed by atoms with van der Waals surface area (Å²) in [7, 11) is 0. The SMILES string of the molecule is CC(C)c1cc(-c2cccc(O)c2)cc(C(C)C)c1NC(=O)N(CCCc1ccccc1)c1cc2cccnc2[nH]c1=O. The van der Waals surface area contributed by atoms with Crippen LogP contribution in [0, 0.1) is 0 Å². The van der Waals surface area contributed by atoms with Gasteiger partial charge in [-0.3, -0.25) is 9.69 Å². The fraction of sp³-hybridized carbons (Fsp3) is 0.250. The number of benzene rings is 3. The summed E-state index contributed by atoms with van der Waals surface area (Å²) >= 11 is 0. The zero-order valence-corrected chi connectivity index (χ0v) is 25.1. The number of aryl methyl sites for hydroxylation is 1. The van der Waals surface area contributed by atoms with Gasteiger partial charge < -0.3 is 15.4 Å². The third-order valence-electron chi connectivity index (χ3n) is 7.68. The fourth-order valence-corrected chi connectivity index (χ4v) is 5.41. The highest BCUT2D eigenvalue weighted by Crippen LogP contribution is 2.38. The van der Waals surface area contributed by atoms with E-state index in [9.17, 15) is 14.7 Å². The van der Waals surface area contributed by atoms with Gasteiger partial charge in [0.15, 0.2) is 0 Å². The number of rotatable bonds is 9. The number of fused-ring (bicyclic) bond motifs is 1. The fourth-order valence-electron chi connectivity index (χ4n) is 5.41. The first-order valence-corrected chi connectivity index (χ1v) is 14.8. The number of carbonyl (C=O) groups excluding carboxylic acids is 1. The molecule has 3 N–H and O–H groups in total. The highest BCUT2D eigenvalue weighted by atomic mass is 16.3. The minimum Gasteiger partial charge on any atom is -0.508 e. The maximum Gasteiger partial charge on any atom is 0.326 e. The van der Waals surface area contributed by atoms with Crippen LogP contribution in [0.2, 0.25) is 0 Å². The van der Waals surface area contributed by atoms with Gasteiger partial charge in [-0.05, 0) is 95.0 Å². The Hall–Kier alpha value is -4.91. The molecule has 5 aromatic rings. The van der Waals surface area contributed by atoms with Crippen LogP contribution in [0.3, 0.4) is 0 Å². The number of carbonyl (C=O) groups is 1. The van der Waals surface area contributed by atoms with E-state index in [2.05, 4.69) is 67.2 Å². The van der Waals surface area contributed by atoms with Crippen LogP contribution in [0.15, 0.2) is 95.9 Å². The van der Waals surface area contributed by atoms with Gasteiger partial charge in [-0.1, -0.05) is 70.2 Å². The Kier molecular flexibility index (Phi) is 8.90. The van der Waals surface area contributed by atoms with Crippen LogP contribution in [0.25, 0.3) is 22.2 Å². The standard InChI is InChI=1S/C36H38N4O3/c1-23(2)30-20-28(26-14-8-16-29(41)19-26)21-31(24(3)4)33(30)38-36(43)40(18-10-13-25-11-6-5-7-12-25)32-22-27-15-9-17-37-34(27)39-35(32)42/h5-9,11-12,14-17,19-24,41H,10,13,18H2,1-4H3,(H,38,43)(H,37,39,42). The summed E-state index contributed by atoms with van der Waals surface area (Å²) in [5.74, 6) is 0.410. The molecule has 2 heterocycles. The lowest BCUT2D eigenvalue weighted by atomic mass is 9.88. The van der Waals surface area contributed by atoms with E-state index in [1.54, 1.807) is 29.3 Å². The van der Waals surface area contributed by atoms with Crippen molar-refractivity contribution in [3.05, 3.63) is 118 Å². The third-order valence-corrected chi connectivity index (χ3v) is 7.68. The van der Waals surface area contributed by atoms with Crippen LogP contribution in [0.1, 0.15) is 62.6 Å². The number of aromatic hydroxyl groups is 1. The van der Waals surface area contributed by atoms with Crippen LogP contribution in [-0.2, 0) is 6.42 Å². The van der Waals surface area contributed by atoms with E-state index >= 15 is 0 Å². The first-order chi connectivity index (χ1) is 20.7. The lowest BCUT2D eigenvalue weighted by Gasteiger charge is -2.27. The number of hydrogen-bond donors (Lipinski definition) is 3. The average molecular weight is 575 g/mol. The average Bonchev–Trinajstić information content (AvgIpc) is 2.99. The molecule has 2 aromatic heterocycles. The van der Waals surface area contributed by atoms with E-state index in [4.69, 9.17) is 0 Å². The molecule has 0 saturated carbocycles. The number of nitrogens with one attached hydrogen (secondary N) is 2. The van der Waals surface area contributed by atoms with Gasteiger partial charge in [0.05, 0.1) is 0 Å². The number of phenols is 1. The van der Waals surface area contributed by atoms with Gasteiger partial charge in [0.1, 0.15) is 17.1 Å². The van der Waals surface area contributed by atoms with Crippen LogP contribution >= 0.6 is 0 Å². The summed E-state index contributed by atoms with van der Waals surface area (Å²) in [6.07, 6.45) is 3.07. The molecule has 0 aliphatic carbocycles. The molecule has 0 bridgehead atoms. The Morgan fingerprint density at radius 2 is 1.60 bits per heavy atom. The van der Waals surface area contributed by atoms with Gasteiger partial charge in [0.2, 0.25) is 0 Å². The van der Waals surface area contributed by atoms with Crippen LogP contribution < -0.4 is 15.8 Å². The largest absolute Gasteiger partial charge is 0.508 e. The molecule has 3 aromatic carbocycles. The zero-order chi connectivity index (χ0) is 30.5. The number of aromatic nitrogens is 2. The van der Waals surface area contributed by atoms with Crippen LogP contribution in [0.5, 0.6) is 5.75 Å². The molecule has 220 valence electrons. The maximum atomic E-state index is 14.2. The summed E-state index contributed by atoms with van der Waals surface area (Å²) in [4.78, 5) is 36.2. The highest BCUT2D eigenvalue weighted by molar-refractivity contribution is 6.03. The Labute approximate surface area is 252 Å². The smallest absolute Gasteiger partial charge is 0.326 e. The predicted molar refractivity (Wildman–Crippen MR) is 175 cm³/mol. The van der Waals surface area contributed by atoms with E-state index in [0.717, 1.165) is 39.7 Å². The van der Waals surface area contributed by atoms with Crippen molar-refractivity contribution in [1.82, 2.24) is 9.97 Å². The van der Waals surface area contributed by atoms with Gasteiger partial charge in [-0.15, -0.1) is 0 Å². The van der Waals surface area contributed by atoms with Gasteiger partial charge in [-0.2, -0.15) is 0 Å². The monoisotopic (exact) mass is 574 g/mol. The van der Waals surface area contributed by atoms with Gasteiger partial charge in [-0.25, -0.2) is 9.78 Å². The molecule has 7 nitrogen and oxygen atoms in total. The second kappa shape index (κ2) is 12.9. The van der Waals surface area contributed by atoms with Crippen LogP contribution in [0.4, 0.5) is 16.2 Å². The predicted octanol–water partition coefficient (Wildman–Crippen LogP) is 8.21. The second-order valence-corrected chi connectivity index (χ2v) is 11.5. The van der Waals surface area contributed by atoms with Gasteiger partial charge in [0, 0.05) is 23.8 Å². The Bertz CT molecular complexity index is 1770. The first-order valence-electron chi connectivity index (χ1n) is 14.8. The molecule has 0 saturated heterocycles. The summed E-state index contributed by atoms with van der Waals surface area (Å²) in [6.45, 7) is 8.74. The third kappa shape index (κ3) is 6.78. The lowest BCUT2D eigenvalue weighted by Crippen LogP contribution is -2.39. The number of amides is 2. The van der Waals surface area contributed by atoms with E-state index in [1.807, 2.05) is 42.5 Å². The first kappa shape index (κ1) is 29.6. The molecule has 0 fully saturated rings. The van der Waals surface area contributed by atoms with Crippen molar-refractivity contribution in [2.24, 2.45) is 0 Å². The number of anilines is 2. The van der Waals surface area contributed by atoms with Crippen molar-refractivity contribution in [3.63, 3.8) is 0 Å². The number of hydrogen-bond acceptors (Lipinski definition) is 4. The summed E-state index contributed by atoms with van der Waals surface area (Å²) in [5, 5.41) is 14.1. The summed E-state index contributed by atoms with van der Waals surface area (Å²) < 4.78 is 0. The van der Waals surface area contributed by atoms with Crippen molar-refractivity contribution in [1.29, 1.82) is 0 Å². The summed E-state index contributed by atoms with van der Waals surface area (Å²) in [6, 6.07) is 26.5. The maximum absolute atomic E-state index is 14.2. The van der Waals surface area contributed by atoms with Gasteiger partial charge >= 0.3 is 6.03 Å². The number of urea groups is 1. The molecule has 7 heteroatoms. The Morgan fingerprint density at radius 3 is 2.28 bits per heavy atom. The van der Waals surface area contributed by atoms with Crippen molar-refractivity contribution < 1.29 is 9.90 Å². The number of aromatic amines is 1. The van der Waals surface area contributed by atoms with Crippen molar-refractivity contribution >= 4 is 28.4 Å². The minimum absolute atomic E-state index is 0.103. The molecule has 0 unspecified atom stereocenters. The molecule has 2 amide bonds. The van der Waals surface area contributed by atoms with E-state index in [-0.39, 0.29) is 34.9 Å². The molecular formula is C36H38N4O3. The minimum atomic E-state index is -0.367. The molecule has 0 aliphatic heterocycles. The number of H-pyrrole nitrogens is 1. The zero-order valence-electron chi connectivity index (χ0n) is 25.1. The molecule has 0 radical (unpaired) electrons.